The first-order valence-corrected chi connectivity index (χ1v) is 6.27. The summed E-state index contributed by atoms with van der Waals surface area (Å²) in [4.78, 5) is 0. The number of sulfonamides is 1. The first-order valence-electron chi connectivity index (χ1n) is 4.38. The van der Waals surface area contributed by atoms with E-state index in [0.29, 0.717) is 11.5 Å². The number of nitrogens with one attached hydrogen (secondary N) is 1. The molecule has 0 radical (unpaired) electrons. The van der Waals surface area contributed by atoms with Gasteiger partial charge in [-0.2, -0.15) is 0 Å². The summed E-state index contributed by atoms with van der Waals surface area (Å²) in [6, 6.07) is 5.33. The van der Waals surface area contributed by atoms with Gasteiger partial charge in [0.05, 0.1) is 6.26 Å². The largest absolute Gasteiger partial charge is 0.454 e. The van der Waals surface area contributed by atoms with Crippen molar-refractivity contribution in [3.05, 3.63) is 23.8 Å². The van der Waals surface area contributed by atoms with Gasteiger partial charge in [0.25, 0.3) is 0 Å². The average molecular weight is 229 g/mol. The van der Waals surface area contributed by atoms with Crippen molar-refractivity contribution in [2.75, 3.05) is 13.0 Å². The van der Waals surface area contributed by atoms with Crippen LogP contribution in [-0.4, -0.2) is 21.5 Å². The second-order valence-corrected chi connectivity index (χ2v) is 5.11. The quantitative estimate of drug-likeness (QED) is 0.818. The topological polar surface area (TPSA) is 64.6 Å². The highest BCUT2D eigenvalue weighted by Crippen LogP contribution is 2.32. The lowest BCUT2D eigenvalue weighted by Gasteiger charge is -2.03. The van der Waals surface area contributed by atoms with Gasteiger partial charge in [0.15, 0.2) is 11.5 Å². The standard InChI is InChI=1S/C9H11NO4S/c1-15(11,12)10-5-7-2-3-8-9(4-7)14-6-13-8/h2-4,10H,5-6H2,1H3. The molecule has 1 aromatic rings. The minimum Gasteiger partial charge on any atom is -0.454 e. The molecule has 0 saturated heterocycles. The molecular weight excluding hydrogens is 218 g/mol. The van der Waals surface area contributed by atoms with E-state index in [0.717, 1.165) is 11.8 Å². The Morgan fingerprint density at radius 3 is 2.80 bits per heavy atom. The molecule has 6 heteroatoms. The molecule has 1 N–H and O–H groups in total. The SMILES string of the molecule is CS(=O)(=O)NCc1ccc2c(c1)OCO2. The highest BCUT2D eigenvalue weighted by molar-refractivity contribution is 7.88. The van der Waals surface area contributed by atoms with Crippen LogP contribution in [0.25, 0.3) is 0 Å². The summed E-state index contributed by atoms with van der Waals surface area (Å²) in [7, 11) is -3.16. The molecule has 0 spiro atoms. The molecule has 2 rings (SSSR count). The molecule has 15 heavy (non-hydrogen) atoms. The predicted octanol–water partition coefficient (Wildman–Crippen LogP) is 0.464. The van der Waals surface area contributed by atoms with E-state index in [1.54, 1.807) is 18.2 Å². The summed E-state index contributed by atoms with van der Waals surface area (Å²) in [5.41, 5.74) is 0.838. The fourth-order valence-electron chi connectivity index (χ4n) is 1.27. The van der Waals surface area contributed by atoms with Gasteiger partial charge in [-0.25, -0.2) is 13.1 Å². The molecular formula is C9H11NO4S. The van der Waals surface area contributed by atoms with Crippen molar-refractivity contribution in [3.63, 3.8) is 0 Å². The Kier molecular flexibility index (Phi) is 2.54. The van der Waals surface area contributed by atoms with Crippen molar-refractivity contribution < 1.29 is 17.9 Å². The third-order valence-corrected chi connectivity index (χ3v) is 2.64. The van der Waals surface area contributed by atoms with Gasteiger partial charge in [-0.15, -0.1) is 0 Å². The van der Waals surface area contributed by atoms with Crippen LogP contribution in [0.1, 0.15) is 5.56 Å². The van der Waals surface area contributed by atoms with Crippen molar-refractivity contribution in [2.45, 2.75) is 6.54 Å². The number of benzene rings is 1. The van der Waals surface area contributed by atoms with Gasteiger partial charge in [-0.3, -0.25) is 0 Å². The van der Waals surface area contributed by atoms with Crippen LogP contribution in [0, 0.1) is 0 Å². The van der Waals surface area contributed by atoms with Crippen molar-refractivity contribution in [3.8, 4) is 11.5 Å². The lowest BCUT2D eigenvalue weighted by atomic mass is 10.2. The molecule has 5 nitrogen and oxygen atoms in total. The Balaban J connectivity index is 2.10. The van der Waals surface area contributed by atoms with Crippen molar-refractivity contribution in [2.24, 2.45) is 0 Å². The van der Waals surface area contributed by atoms with Gasteiger partial charge < -0.3 is 9.47 Å². The van der Waals surface area contributed by atoms with Crippen LogP contribution in [0.3, 0.4) is 0 Å². The lowest BCUT2D eigenvalue weighted by Crippen LogP contribution is -2.21. The molecule has 0 amide bonds. The fraction of sp³-hybridized carbons (Fsp3) is 0.333. The zero-order chi connectivity index (χ0) is 10.9. The molecule has 0 aliphatic carbocycles. The third kappa shape index (κ3) is 2.60. The number of hydrogen-bond donors (Lipinski definition) is 1. The molecule has 0 saturated carbocycles. The molecule has 0 unspecified atom stereocenters. The number of hydrogen-bond acceptors (Lipinski definition) is 4. The molecule has 1 aromatic carbocycles. The smallest absolute Gasteiger partial charge is 0.231 e. The Morgan fingerprint density at radius 2 is 2.07 bits per heavy atom. The van der Waals surface area contributed by atoms with Crippen LogP contribution >= 0.6 is 0 Å². The van der Waals surface area contributed by atoms with Gasteiger partial charge in [0, 0.05) is 6.54 Å². The van der Waals surface area contributed by atoms with Crippen LogP contribution < -0.4 is 14.2 Å². The molecule has 0 fully saturated rings. The van der Waals surface area contributed by atoms with Gasteiger partial charge >= 0.3 is 0 Å². The first kappa shape index (κ1) is 10.3. The Bertz CT molecular complexity index is 469. The monoisotopic (exact) mass is 229 g/mol. The van der Waals surface area contributed by atoms with Crippen LogP contribution in [0.5, 0.6) is 11.5 Å². The van der Waals surface area contributed by atoms with Crippen LogP contribution in [0.2, 0.25) is 0 Å². The highest BCUT2D eigenvalue weighted by atomic mass is 32.2. The molecule has 1 aliphatic heterocycles. The van der Waals surface area contributed by atoms with Crippen LogP contribution in [0.15, 0.2) is 18.2 Å². The summed E-state index contributed by atoms with van der Waals surface area (Å²) < 4.78 is 34.5. The van der Waals surface area contributed by atoms with E-state index in [-0.39, 0.29) is 13.3 Å². The van der Waals surface area contributed by atoms with Gasteiger partial charge in [-0.05, 0) is 17.7 Å². The summed E-state index contributed by atoms with van der Waals surface area (Å²) in [6.45, 7) is 0.480. The second-order valence-electron chi connectivity index (χ2n) is 3.28. The minimum atomic E-state index is -3.16. The van der Waals surface area contributed by atoms with Crippen LogP contribution in [0.4, 0.5) is 0 Å². The summed E-state index contributed by atoms with van der Waals surface area (Å²) in [5.74, 6) is 1.35. The first-order chi connectivity index (χ1) is 7.04. The Labute approximate surface area is 88.1 Å². The number of fused-ring (bicyclic) bond motifs is 1. The van der Waals surface area contributed by atoms with Crippen molar-refractivity contribution >= 4 is 10.0 Å². The highest BCUT2D eigenvalue weighted by Gasteiger charge is 2.13. The Morgan fingerprint density at radius 1 is 1.33 bits per heavy atom. The minimum absolute atomic E-state index is 0.221. The van der Waals surface area contributed by atoms with E-state index in [4.69, 9.17) is 9.47 Å². The average Bonchev–Trinajstić information content (AvgIpc) is 2.60. The fourth-order valence-corrected chi connectivity index (χ4v) is 1.69. The second kappa shape index (κ2) is 3.71. The number of rotatable bonds is 3. The van der Waals surface area contributed by atoms with Crippen molar-refractivity contribution in [1.29, 1.82) is 0 Å². The molecule has 0 atom stereocenters. The maximum atomic E-state index is 10.9. The molecule has 0 bridgehead atoms. The normalized spacial score (nSPS) is 14.2. The van der Waals surface area contributed by atoms with Crippen LogP contribution in [-0.2, 0) is 16.6 Å². The Hall–Kier alpha value is -1.27. The van der Waals surface area contributed by atoms with Gasteiger partial charge in [0.2, 0.25) is 16.8 Å². The van der Waals surface area contributed by atoms with E-state index < -0.39 is 10.0 Å². The maximum Gasteiger partial charge on any atom is 0.231 e. The van der Waals surface area contributed by atoms with Gasteiger partial charge in [0.1, 0.15) is 0 Å². The molecule has 82 valence electrons. The van der Waals surface area contributed by atoms with E-state index >= 15 is 0 Å². The predicted molar refractivity (Wildman–Crippen MR) is 54.2 cm³/mol. The summed E-state index contributed by atoms with van der Waals surface area (Å²) >= 11 is 0. The van der Waals surface area contributed by atoms with E-state index in [2.05, 4.69) is 4.72 Å². The van der Waals surface area contributed by atoms with E-state index in [1.165, 1.54) is 0 Å². The molecule has 1 heterocycles. The van der Waals surface area contributed by atoms with Crippen molar-refractivity contribution in [1.82, 2.24) is 4.72 Å². The maximum absolute atomic E-state index is 10.9. The molecule has 0 aromatic heterocycles. The third-order valence-electron chi connectivity index (χ3n) is 1.98. The summed E-state index contributed by atoms with van der Waals surface area (Å²) in [6.07, 6.45) is 1.12. The summed E-state index contributed by atoms with van der Waals surface area (Å²) in [5, 5.41) is 0. The number of ether oxygens (including phenoxy) is 2. The van der Waals surface area contributed by atoms with E-state index in [9.17, 15) is 8.42 Å². The molecule has 1 aliphatic rings. The zero-order valence-electron chi connectivity index (χ0n) is 8.19. The van der Waals surface area contributed by atoms with E-state index in [1.807, 2.05) is 0 Å². The lowest BCUT2D eigenvalue weighted by molar-refractivity contribution is 0.174. The zero-order valence-corrected chi connectivity index (χ0v) is 9.00. The van der Waals surface area contributed by atoms with Gasteiger partial charge in [-0.1, -0.05) is 6.07 Å².